The lowest BCUT2D eigenvalue weighted by Crippen LogP contribution is -2.38. The summed E-state index contributed by atoms with van der Waals surface area (Å²) in [6.45, 7) is 4.04. The maximum Gasteiger partial charge on any atom is 0.295 e. The van der Waals surface area contributed by atoms with Gasteiger partial charge in [0.1, 0.15) is 11.6 Å². The molecule has 1 unspecified atom stereocenters. The van der Waals surface area contributed by atoms with Gasteiger partial charge in [0, 0.05) is 31.7 Å². The molecule has 174 valence electrons. The van der Waals surface area contributed by atoms with Gasteiger partial charge in [-0.15, -0.1) is 0 Å². The number of benzene rings is 2. The molecule has 2 aromatic rings. The highest BCUT2D eigenvalue weighted by atomic mass is 35.5. The third kappa shape index (κ3) is 5.06. The van der Waals surface area contributed by atoms with Gasteiger partial charge in [0.25, 0.3) is 11.7 Å². The predicted molar refractivity (Wildman–Crippen MR) is 124 cm³/mol. The van der Waals surface area contributed by atoms with Crippen LogP contribution in [0.4, 0.5) is 4.39 Å². The molecule has 0 aromatic heterocycles. The van der Waals surface area contributed by atoms with Crippen molar-refractivity contribution in [3.05, 3.63) is 75.0 Å². The second-order valence-corrected chi connectivity index (χ2v) is 8.79. The summed E-state index contributed by atoms with van der Waals surface area (Å²) in [6, 6.07) is 9.11. The smallest absolute Gasteiger partial charge is 0.295 e. The first-order valence-electron chi connectivity index (χ1n) is 10.7. The zero-order valence-electron chi connectivity index (χ0n) is 17.8. The van der Waals surface area contributed by atoms with E-state index in [1.54, 1.807) is 18.2 Å². The Hall–Kier alpha value is -2.45. The molecule has 1 atom stereocenters. The third-order valence-corrected chi connectivity index (χ3v) is 6.63. The molecule has 2 aliphatic rings. The summed E-state index contributed by atoms with van der Waals surface area (Å²) < 4.78 is 18.7. The first-order chi connectivity index (χ1) is 15.9. The van der Waals surface area contributed by atoms with E-state index >= 15 is 0 Å². The number of carbonyl (C=O) groups is 2. The van der Waals surface area contributed by atoms with Crippen LogP contribution in [0.2, 0.25) is 10.0 Å². The quantitative estimate of drug-likeness (QED) is 0.370. The summed E-state index contributed by atoms with van der Waals surface area (Å²) in [6.07, 6.45) is 0.640. The molecule has 6 nitrogen and oxygen atoms in total. The molecular formula is C24H23Cl2FN2O4. The number of likely N-dealkylation sites (tertiary alicyclic amines) is 1. The number of hydrogen-bond donors (Lipinski definition) is 1. The van der Waals surface area contributed by atoms with Crippen molar-refractivity contribution in [2.75, 3.05) is 39.4 Å². The van der Waals surface area contributed by atoms with Crippen LogP contribution >= 0.6 is 23.2 Å². The fourth-order valence-corrected chi connectivity index (χ4v) is 4.50. The van der Waals surface area contributed by atoms with Crippen LogP contribution in [0.3, 0.4) is 0 Å². The SMILES string of the molecule is O=C1C(=O)N(CCCN2CCOCC2)C(c2ccc(Cl)c(Cl)c2)C1=C(O)c1ccc(F)cc1. The van der Waals surface area contributed by atoms with Crippen molar-refractivity contribution in [3.8, 4) is 0 Å². The summed E-state index contributed by atoms with van der Waals surface area (Å²) in [7, 11) is 0. The first kappa shape index (κ1) is 23.7. The minimum atomic E-state index is -0.838. The fourth-order valence-electron chi connectivity index (χ4n) is 4.19. The van der Waals surface area contributed by atoms with Crippen LogP contribution in [-0.4, -0.2) is 66.0 Å². The van der Waals surface area contributed by atoms with Gasteiger partial charge in [0.15, 0.2) is 0 Å². The second-order valence-electron chi connectivity index (χ2n) is 7.98. The minimum absolute atomic E-state index is 0.0589. The van der Waals surface area contributed by atoms with Gasteiger partial charge in [-0.2, -0.15) is 0 Å². The second kappa shape index (κ2) is 10.2. The molecule has 2 fully saturated rings. The molecule has 9 heteroatoms. The lowest BCUT2D eigenvalue weighted by Gasteiger charge is -2.29. The molecule has 1 amide bonds. The average Bonchev–Trinajstić information content (AvgIpc) is 3.06. The van der Waals surface area contributed by atoms with Gasteiger partial charge in [-0.1, -0.05) is 29.3 Å². The molecular weight excluding hydrogens is 470 g/mol. The number of ether oxygens (including phenoxy) is 1. The van der Waals surface area contributed by atoms with E-state index in [9.17, 15) is 19.1 Å². The van der Waals surface area contributed by atoms with Crippen molar-refractivity contribution in [1.29, 1.82) is 0 Å². The molecule has 4 rings (SSSR count). The van der Waals surface area contributed by atoms with Crippen molar-refractivity contribution in [3.63, 3.8) is 0 Å². The summed E-state index contributed by atoms with van der Waals surface area (Å²) in [5.41, 5.74) is 0.739. The van der Waals surface area contributed by atoms with Gasteiger partial charge in [0.2, 0.25) is 0 Å². The number of halogens is 3. The average molecular weight is 493 g/mol. The number of aliphatic hydroxyl groups is 1. The highest BCUT2D eigenvalue weighted by molar-refractivity contribution is 6.46. The lowest BCUT2D eigenvalue weighted by molar-refractivity contribution is -0.140. The van der Waals surface area contributed by atoms with E-state index in [2.05, 4.69) is 4.90 Å². The number of ketones is 1. The summed E-state index contributed by atoms with van der Waals surface area (Å²) in [5, 5.41) is 11.6. The van der Waals surface area contributed by atoms with Crippen molar-refractivity contribution in [2.45, 2.75) is 12.5 Å². The number of hydrogen-bond acceptors (Lipinski definition) is 5. The van der Waals surface area contributed by atoms with Crippen LogP contribution in [0.1, 0.15) is 23.6 Å². The molecule has 0 radical (unpaired) electrons. The van der Waals surface area contributed by atoms with E-state index in [0.29, 0.717) is 36.8 Å². The number of Topliss-reactive ketones (excluding diaryl/α,β-unsaturated/α-hetero) is 1. The Balaban J connectivity index is 1.69. The van der Waals surface area contributed by atoms with Crippen molar-refractivity contribution >= 4 is 40.7 Å². The molecule has 2 aliphatic heterocycles. The standard InChI is InChI=1S/C24H23Cl2FN2O4/c25-18-7-4-16(14-19(18)26)21-20(22(30)15-2-5-17(27)6-3-15)23(31)24(32)29(21)9-1-8-28-10-12-33-13-11-28/h2-7,14,21,30H,1,8-13H2. The molecule has 2 saturated heterocycles. The molecule has 0 saturated carbocycles. The predicted octanol–water partition coefficient (Wildman–Crippen LogP) is 4.28. The van der Waals surface area contributed by atoms with Gasteiger partial charge in [-0.3, -0.25) is 14.5 Å². The monoisotopic (exact) mass is 492 g/mol. The lowest BCUT2D eigenvalue weighted by atomic mass is 9.95. The number of rotatable bonds is 6. The Labute approximate surface area is 201 Å². The van der Waals surface area contributed by atoms with E-state index in [1.807, 2.05) is 0 Å². The zero-order chi connectivity index (χ0) is 23.5. The number of aliphatic hydroxyl groups excluding tert-OH is 1. The van der Waals surface area contributed by atoms with E-state index in [-0.39, 0.29) is 21.9 Å². The van der Waals surface area contributed by atoms with Crippen LogP contribution in [0.25, 0.3) is 5.76 Å². The Morgan fingerprint density at radius 3 is 2.39 bits per heavy atom. The molecule has 2 aromatic carbocycles. The summed E-state index contributed by atoms with van der Waals surface area (Å²) in [5.74, 6) is -2.33. The topological polar surface area (TPSA) is 70.1 Å². The van der Waals surface area contributed by atoms with Gasteiger partial charge >= 0.3 is 0 Å². The maximum absolute atomic E-state index is 13.4. The Morgan fingerprint density at radius 2 is 1.73 bits per heavy atom. The van der Waals surface area contributed by atoms with E-state index in [4.69, 9.17) is 27.9 Å². The Morgan fingerprint density at radius 1 is 1.03 bits per heavy atom. The van der Waals surface area contributed by atoms with Crippen molar-refractivity contribution in [2.24, 2.45) is 0 Å². The van der Waals surface area contributed by atoms with Gasteiger partial charge in [0.05, 0.1) is 34.9 Å². The van der Waals surface area contributed by atoms with Crippen LogP contribution in [0, 0.1) is 5.82 Å². The molecule has 0 bridgehead atoms. The summed E-state index contributed by atoms with van der Waals surface area (Å²) in [4.78, 5) is 29.7. The molecule has 33 heavy (non-hydrogen) atoms. The number of carbonyl (C=O) groups excluding carboxylic acids is 2. The van der Waals surface area contributed by atoms with Crippen LogP contribution in [0.15, 0.2) is 48.0 Å². The van der Waals surface area contributed by atoms with E-state index < -0.39 is 23.5 Å². The van der Waals surface area contributed by atoms with Gasteiger partial charge in [-0.25, -0.2) is 4.39 Å². The van der Waals surface area contributed by atoms with Gasteiger partial charge in [-0.05, 0) is 48.4 Å². The Bertz CT molecular complexity index is 1080. The van der Waals surface area contributed by atoms with E-state index in [1.165, 1.54) is 29.2 Å². The number of amides is 1. The van der Waals surface area contributed by atoms with Crippen LogP contribution in [-0.2, 0) is 14.3 Å². The number of morpholine rings is 1. The van der Waals surface area contributed by atoms with Crippen molar-refractivity contribution in [1.82, 2.24) is 9.80 Å². The summed E-state index contributed by atoms with van der Waals surface area (Å²) >= 11 is 12.3. The zero-order valence-corrected chi connectivity index (χ0v) is 19.3. The minimum Gasteiger partial charge on any atom is -0.507 e. The normalized spacial score (nSPS) is 21.1. The highest BCUT2D eigenvalue weighted by Crippen LogP contribution is 2.41. The maximum atomic E-state index is 13.4. The first-order valence-corrected chi connectivity index (χ1v) is 11.4. The van der Waals surface area contributed by atoms with E-state index in [0.717, 1.165) is 19.6 Å². The fraction of sp³-hybridized carbons (Fsp3) is 0.333. The molecule has 2 heterocycles. The third-order valence-electron chi connectivity index (χ3n) is 5.89. The number of nitrogens with zero attached hydrogens (tertiary/aromatic N) is 2. The van der Waals surface area contributed by atoms with Crippen LogP contribution < -0.4 is 0 Å². The van der Waals surface area contributed by atoms with Crippen LogP contribution in [0.5, 0.6) is 0 Å². The van der Waals surface area contributed by atoms with Gasteiger partial charge < -0.3 is 14.7 Å². The highest BCUT2D eigenvalue weighted by Gasteiger charge is 2.46. The van der Waals surface area contributed by atoms with Crippen molar-refractivity contribution < 1.29 is 23.8 Å². The molecule has 0 spiro atoms. The molecule has 1 N–H and O–H groups in total. The largest absolute Gasteiger partial charge is 0.507 e. The molecule has 0 aliphatic carbocycles. The Kier molecular flexibility index (Phi) is 7.34.